The van der Waals surface area contributed by atoms with Crippen molar-refractivity contribution in [2.24, 2.45) is 11.5 Å². The van der Waals surface area contributed by atoms with Crippen LogP contribution in [0.25, 0.3) is 16.8 Å². The van der Waals surface area contributed by atoms with Gasteiger partial charge < -0.3 is 21.9 Å². The van der Waals surface area contributed by atoms with Gasteiger partial charge in [0.25, 0.3) is 0 Å². The van der Waals surface area contributed by atoms with Gasteiger partial charge in [-0.05, 0) is 81.0 Å². The number of rotatable bonds is 6. The largest absolute Gasteiger partial charge is 0.507 e. The Hall–Kier alpha value is -2.92. The molecule has 1 atom stereocenters. The number of aromatic hydroxyl groups is 1. The predicted molar refractivity (Wildman–Crippen MR) is 133 cm³/mol. The molecule has 2 aliphatic rings. The van der Waals surface area contributed by atoms with Gasteiger partial charge in [0.1, 0.15) is 5.75 Å². The lowest BCUT2D eigenvalue weighted by Gasteiger charge is -2.42. The van der Waals surface area contributed by atoms with Gasteiger partial charge >= 0.3 is 0 Å². The lowest BCUT2D eigenvalue weighted by Crippen LogP contribution is -2.51. The van der Waals surface area contributed by atoms with E-state index in [0.29, 0.717) is 23.1 Å². The van der Waals surface area contributed by atoms with Crippen molar-refractivity contribution >= 4 is 5.70 Å². The molecule has 2 fully saturated rings. The molecule has 1 saturated carbocycles. The van der Waals surface area contributed by atoms with Crippen molar-refractivity contribution in [3.8, 4) is 16.9 Å². The highest BCUT2D eigenvalue weighted by molar-refractivity contribution is 5.76. The molecule has 0 spiro atoms. The van der Waals surface area contributed by atoms with Crippen LogP contribution in [0.4, 0.5) is 0 Å². The molecule has 170 valence electrons. The van der Waals surface area contributed by atoms with E-state index in [9.17, 15) is 5.11 Å². The van der Waals surface area contributed by atoms with E-state index in [1.165, 1.54) is 37.8 Å². The molecule has 4 rings (SSSR count). The van der Waals surface area contributed by atoms with E-state index >= 15 is 0 Å². The van der Waals surface area contributed by atoms with Crippen molar-refractivity contribution in [2.45, 2.75) is 58.0 Å². The average Bonchev–Trinajstić information content (AvgIpc) is 2.72. The fraction of sp³-hybridized carbons (Fsp3) is 0.407. The Kier molecular flexibility index (Phi) is 6.75. The van der Waals surface area contributed by atoms with E-state index in [2.05, 4.69) is 41.4 Å². The molecule has 5 heteroatoms. The van der Waals surface area contributed by atoms with Crippen LogP contribution >= 0.6 is 0 Å². The SMILES string of the molecule is CC(/C=C(\N)NC1CCCN(C2CCC2)C1)=C(/N)c1ccc(-c2ccc(C)cc2)cc1O. The van der Waals surface area contributed by atoms with Gasteiger partial charge in [0.05, 0.1) is 5.82 Å². The number of phenolic OH excluding ortho intramolecular Hbond substituents is 1. The van der Waals surface area contributed by atoms with Gasteiger partial charge in [0, 0.05) is 29.9 Å². The molecule has 0 amide bonds. The monoisotopic (exact) mass is 432 g/mol. The quantitative estimate of drug-likeness (QED) is 0.506. The van der Waals surface area contributed by atoms with Gasteiger partial charge in [0.2, 0.25) is 0 Å². The molecule has 1 aliphatic heterocycles. The Morgan fingerprint density at radius 1 is 1.03 bits per heavy atom. The fourth-order valence-electron chi connectivity index (χ4n) is 4.69. The standard InChI is InChI=1S/C27H36N4O/c1-18-8-10-20(11-9-18)21-12-13-24(25(32)16-21)27(29)19(2)15-26(28)30-22-5-4-14-31(17-22)23-6-3-7-23/h8-13,15-16,22-23,30,32H,3-7,14,17,28-29H2,1-2H3/b26-15+,27-19-. The summed E-state index contributed by atoms with van der Waals surface area (Å²) in [5, 5.41) is 14.1. The van der Waals surface area contributed by atoms with Crippen molar-refractivity contribution in [2.75, 3.05) is 13.1 Å². The summed E-state index contributed by atoms with van der Waals surface area (Å²) in [6, 6.07) is 15.0. The van der Waals surface area contributed by atoms with Gasteiger partial charge in [0.15, 0.2) is 0 Å². The molecular formula is C27H36N4O. The Bertz CT molecular complexity index is 1000. The third kappa shape index (κ3) is 5.10. The minimum absolute atomic E-state index is 0.170. The first-order chi connectivity index (χ1) is 15.4. The van der Waals surface area contributed by atoms with E-state index < -0.39 is 0 Å². The number of hydrogen-bond acceptors (Lipinski definition) is 5. The van der Waals surface area contributed by atoms with Crippen molar-refractivity contribution in [1.82, 2.24) is 10.2 Å². The lowest BCUT2D eigenvalue weighted by molar-refractivity contribution is 0.0897. The van der Waals surface area contributed by atoms with Gasteiger partial charge in [-0.2, -0.15) is 0 Å². The molecule has 1 aliphatic carbocycles. The van der Waals surface area contributed by atoms with Crippen LogP contribution in [0.2, 0.25) is 0 Å². The summed E-state index contributed by atoms with van der Waals surface area (Å²) < 4.78 is 0. The molecule has 2 aromatic carbocycles. The number of nitrogens with one attached hydrogen (secondary N) is 1. The van der Waals surface area contributed by atoms with Crippen molar-refractivity contribution in [3.63, 3.8) is 0 Å². The fourth-order valence-corrected chi connectivity index (χ4v) is 4.69. The predicted octanol–water partition coefficient (Wildman–Crippen LogP) is 4.46. The minimum Gasteiger partial charge on any atom is -0.507 e. The van der Waals surface area contributed by atoms with Gasteiger partial charge in [-0.1, -0.05) is 42.3 Å². The number of nitrogens with two attached hydrogens (primary N) is 2. The zero-order chi connectivity index (χ0) is 22.7. The van der Waals surface area contributed by atoms with Crippen LogP contribution in [0.3, 0.4) is 0 Å². The number of aryl methyl sites for hydroxylation is 1. The molecule has 0 radical (unpaired) electrons. The average molecular weight is 433 g/mol. The van der Waals surface area contributed by atoms with E-state index in [1.54, 1.807) is 6.07 Å². The first-order valence-corrected chi connectivity index (χ1v) is 11.8. The molecule has 1 heterocycles. The number of piperidine rings is 1. The number of likely N-dealkylation sites (tertiary alicyclic amines) is 1. The Labute approximate surface area is 191 Å². The summed E-state index contributed by atoms with van der Waals surface area (Å²) in [5.41, 5.74) is 17.9. The van der Waals surface area contributed by atoms with Gasteiger partial charge in [-0.25, -0.2) is 0 Å². The molecule has 6 N–H and O–H groups in total. The number of benzene rings is 2. The Morgan fingerprint density at radius 3 is 2.41 bits per heavy atom. The molecule has 1 saturated heterocycles. The maximum Gasteiger partial charge on any atom is 0.125 e. The molecular weight excluding hydrogens is 396 g/mol. The number of nitrogens with zero attached hydrogens (tertiary/aromatic N) is 1. The molecule has 32 heavy (non-hydrogen) atoms. The van der Waals surface area contributed by atoms with Crippen LogP contribution < -0.4 is 16.8 Å². The highest BCUT2D eigenvalue weighted by Gasteiger charge is 2.29. The number of allylic oxidation sites excluding steroid dienone is 2. The molecule has 0 aromatic heterocycles. The van der Waals surface area contributed by atoms with Gasteiger partial charge in [-0.15, -0.1) is 0 Å². The minimum atomic E-state index is 0.170. The van der Waals surface area contributed by atoms with Crippen molar-refractivity contribution in [3.05, 3.63) is 71.1 Å². The topological polar surface area (TPSA) is 87.5 Å². The molecule has 2 aromatic rings. The van der Waals surface area contributed by atoms with Crippen LogP contribution in [-0.4, -0.2) is 35.2 Å². The third-order valence-corrected chi connectivity index (χ3v) is 6.88. The first-order valence-electron chi connectivity index (χ1n) is 11.8. The summed E-state index contributed by atoms with van der Waals surface area (Å²) in [6.07, 6.45) is 8.26. The van der Waals surface area contributed by atoms with Crippen LogP contribution in [-0.2, 0) is 0 Å². The maximum absolute atomic E-state index is 10.6. The maximum atomic E-state index is 10.6. The Balaban J connectivity index is 1.45. The molecule has 0 bridgehead atoms. The summed E-state index contributed by atoms with van der Waals surface area (Å²) in [4.78, 5) is 2.61. The summed E-state index contributed by atoms with van der Waals surface area (Å²) in [7, 11) is 0. The first kappa shape index (κ1) is 22.3. The smallest absolute Gasteiger partial charge is 0.125 e. The summed E-state index contributed by atoms with van der Waals surface area (Å²) in [5.74, 6) is 0.796. The van der Waals surface area contributed by atoms with E-state index in [4.69, 9.17) is 11.5 Å². The summed E-state index contributed by atoms with van der Waals surface area (Å²) in [6.45, 7) is 6.25. The normalized spacial score (nSPS) is 21.1. The Morgan fingerprint density at radius 2 is 1.75 bits per heavy atom. The molecule has 1 unspecified atom stereocenters. The van der Waals surface area contributed by atoms with E-state index in [-0.39, 0.29) is 5.75 Å². The second-order valence-corrected chi connectivity index (χ2v) is 9.36. The van der Waals surface area contributed by atoms with Crippen molar-refractivity contribution < 1.29 is 5.11 Å². The van der Waals surface area contributed by atoms with Crippen LogP contribution in [0.5, 0.6) is 5.75 Å². The summed E-state index contributed by atoms with van der Waals surface area (Å²) >= 11 is 0. The van der Waals surface area contributed by atoms with Crippen LogP contribution in [0.15, 0.2) is 59.9 Å². The molecule has 5 nitrogen and oxygen atoms in total. The van der Waals surface area contributed by atoms with E-state index in [0.717, 1.165) is 35.7 Å². The number of hydrogen-bond donors (Lipinski definition) is 4. The van der Waals surface area contributed by atoms with Crippen LogP contribution in [0, 0.1) is 6.92 Å². The highest BCUT2D eigenvalue weighted by Crippen LogP contribution is 2.31. The zero-order valence-electron chi connectivity index (χ0n) is 19.3. The highest BCUT2D eigenvalue weighted by atomic mass is 16.3. The second-order valence-electron chi connectivity index (χ2n) is 9.36. The second kappa shape index (κ2) is 9.70. The lowest BCUT2D eigenvalue weighted by atomic mass is 9.89. The van der Waals surface area contributed by atoms with Gasteiger partial charge in [-0.3, -0.25) is 4.90 Å². The van der Waals surface area contributed by atoms with Crippen LogP contribution in [0.1, 0.15) is 50.2 Å². The zero-order valence-corrected chi connectivity index (χ0v) is 19.3. The van der Waals surface area contributed by atoms with Crippen molar-refractivity contribution in [1.29, 1.82) is 0 Å². The van der Waals surface area contributed by atoms with E-state index in [1.807, 2.05) is 25.1 Å². The third-order valence-electron chi connectivity index (χ3n) is 6.88. The number of phenols is 1.